The van der Waals surface area contributed by atoms with Crippen LogP contribution in [0.3, 0.4) is 0 Å². The molecule has 2 aliphatic heterocycles. The largest absolute Gasteiger partial charge is 0.444 e. The lowest BCUT2D eigenvalue weighted by molar-refractivity contribution is 0.0215. The summed E-state index contributed by atoms with van der Waals surface area (Å²) in [5.41, 5.74) is -0.392. The van der Waals surface area contributed by atoms with Crippen LogP contribution in [0.1, 0.15) is 27.2 Å². The average Bonchev–Trinajstić information content (AvgIpc) is 2.59. The lowest BCUT2D eigenvalue weighted by atomic mass is 10.2. The maximum absolute atomic E-state index is 11.7. The number of piperazine rings is 1. The van der Waals surface area contributed by atoms with Crippen molar-refractivity contribution >= 4 is 6.09 Å². The molecular formula is C10H17N2O2. The van der Waals surface area contributed by atoms with E-state index in [4.69, 9.17) is 4.74 Å². The summed E-state index contributed by atoms with van der Waals surface area (Å²) < 4.78 is 5.32. The van der Waals surface area contributed by atoms with E-state index in [0.717, 1.165) is 19.5 Å². The molecule has 0 aromatic carbocycles. The number of rotatable bonds is 0. The number of hydrogen-bond acceptors (Lipinski definition) is 3. The Balaban J connectivity index is 1.93. The molecule has 1 radical (unpaired) electrons. The third-order valence-electron chi connectivity index (χ3n) is 2.50. The highest BCUT2D eigenvalue weighted by molar-refractivity contribution is 5.70. The molecule has 2 saturated heterocycles. The summed E-state index contributed by atoms with van der Waals surface area (Å²) in [6.45, 7) is 7.29. The Kier molecular flexibility index (Phi) is 2.18. The van der Waals surface area contributed by atoms with Crippen LogP contribution in [0.2, 0.25) is 0 Å². The van der Waals surface area contributed by atoms with Gasteiger partial charge in [0.15, 0.2) is 0 Å². The van der Waals surface area contributed by atoms with Crippen molar-refractivity contribution < 1.29 is 9.53 Å². The Morgan fingerprint density at radius 3 is 2.71 bits per heavy atom. The molecule has 4 heteroatoms. The Morgan fingerprint density at radius 2 is 2.29 bits per heavy atom. The van der Waals surface area contributed by atoms with Gasteiger partial charge in [-0.15, -0.1) is 0 Å². The van der Waals surface area contributed by atoms with E-state index >= 15 is 0 Å². The highest BCUT2D eigenvalue weighted by Crippen LogP contribution is 2.29. The molecule has 0 aliphatic carbocycles. The van der Waals surface area contributed by atoms with Gasteiger partial charge in [-0.1, -0.05) is 0 Å². The maximum Gasteiger partial charge on any atom is 0.410 e. The van der Waals surface area contributed by atoms with Gasteiger partial charge in [0.1, 0.15) is 5.60 Å². The lowest BCUT2D eigenvalue weighted by Gasteiger charge is -2.30. The van der Waals surface area contributed by atoms with Gasteiger partial charge in [0.25, 0.3) is 0 Å². The van der Waals surface area contributed by atoms with E-state index < -0.39 is 5.60 Å². The predicted octanol–water partition coefficient (Wildman–Crippen LogP) is 1.13. The molecule has 0 aromatic rings. The fourth-order valence-corrected chi connectivity index (χ4v) is 1.90. The average molecular weight is 197 g/mol. The monoisotopic (exact) mass is 197 g/mol. The predicted molar refractivity (Wildman–Crippen MR) is 52.6 cm³/mol. The summed E-state index contributed by atoms with van der Waals surface area (Å²) in [5.74, 6) is 0. The Labute approximate surface area is 84.6 Å². The third kappa shape index (κ3) is 1.85. The van der Waals surface area contributed by atoms with Crippen molar-refractivity contribution in [3.8, 4) is 0 Å². The van der Waals surface area contributed by atoms with Crippen LogP contribution in [0.5, 0.6) is 0 Å². The molecule has 0 spiro atoms. The number of likely N-dealkylation sites (tertiary alicyclic amines) is 1. The van der Waals surface area contributed by atoms with Crippen LogP contribution in [0.15, 0.2) is 0 Å². The first-order chi connectivity index (χ1) is 6.46. The van der Waals surface area contributed by atoms with E-state index in [0.29, 0.717) is 6.04 Å². The van der Waals surface area contributed by atoms with E-state index in [1.807, 2.05) is 25.7 Å². The minimum atomic E-state index is -0.392. The van der Waals surface area contributed by atoms with Crippen molar-refractivity contribution in [2.24, 2.45) is 0 Å². The topological polar surface area (TPSA) is 41.6 Å². The molecule has 2 heterocycles. The van der Waals surface area contributed by atoms with Crippen molar-refractivity contribution in [1.82, 2.24) is 10.2 Å². The summed E-state index contributed by atoms with van der Waals surface area (Å²) in [5, 5.41) is 3.27. The molecule has 1 amide bonds. The molecule has 0 saturated carbocycles. The second-order valence-electron chi connectivity index (χ2n) is 4.95. The van der Waals surface area contributed by atoms with E-state index in [1.165, 1.54) is 6.04 Å². The summed E-state index contributed by atoms with van der Waals surface area (Å²) in [4.78, 5) is 13.5. The van der Waals surface area contributed by atoms with Crippen LogP contribution in [-0.4, -0.2) is 35.7 Å². The van der Waals surface area contributed by atoms with Gasteiger partial charge in [-0.3, -0.25) is 0 Å². The lowest BCUT2D eigenvalue weighted by Crippen LogP contribution is -2.46. The minimum Gasteiger partial charge on any atom is -0.444 e. The SMILES string of the molecule is CC(C)(C)OC(=O)N1C[C]2CC1CN2. The van der Waals surface area contributed by atoms with Gasteiger partial charge in [-0.05, 0) is 27.2 Å². The molecule has 2 rings (SSSR count). The Hall–Kier alpha value is -0.770. The molecule has 2 fully saturated rings. The molecular weight excluding hydrogens is 180 g/mol. The van der Waals surface area contributed by atoms with E-state index in [-0.39, 0.29) is 6.09 Å². The first-order valence-corrected chi connectivity index (χ1v) is 5.04. The van der Waals surface area contributed by atoms with Crippen LogP contribution >= 0.6 is 0 Å². The molecule has 1 unspecified atom stereocenters. The number of carbonyl (C=O) groups excluding carboxylic acids is 1. The number of hydrogen-bond donors (Lipinski definition) is 1. The van der Waals surface area contributed by atoms with Crippen molar-refractivity contribution in [2.45, 2.75) is 38.8 Å². The third-order valence-corrected chi connectivity index (χ3v) is 2.50. The summed E-state index contributed by atoms with van der Waals surface area (Å²) >= 11 is 0. The maximum atomic E-state index is 11.7. The first-order valence-electron chi connectivity index (χ1n) is 5.04. The second kappa shape index (κ2) is 3.12. The number of amides is 1. The number of fused-ring (bicyclic) bond motifs is 2. The molecule has 14 heavy (non-hydrogen) atoms. The Morgan fingerprint density at radius 1 is 1.57 bits per heavy atom. The van der Waals surface area contributed by atoms with Gasteiger partial charge in [-0.25, -0.2) is 4.79 Å². The van der Waals surface area contributed by atoms with E-state index in [2.05, 4.69) is 5.32 Å². The van der Waals surface area contributed by atoms with Gasteiger partial charge in [0.05, 0.1) is 6.04 Å². The van der Waals surface area contributed by atoms with Crippen molar-refractivity contribution in [2.75, 3.05) is 13.1 Å². The van der Waals surface area contributed by atoms with E-state index in [9.17, 15) is 4.79 Å². The molecule has 0 aromatic heterocycles. The molecule has 1 N–H and O–H groups in total. The molecule has 1 atom stereocenters. The quantitative estimate of drug-likeness (QED) is 0.633. The highest BCUT2D eigenvalue weighted by Gasteiger charge is 2.42. The van der Waals surface area contributed by atoms with Gasteiger partial charge in [0, 0.05) is 19.1 Å². The molecule has 2 bridgehead atoms. The minimum absolute atomic E-state index is 0.181. The zero-order valence-corrected chi connectivity index (χ0v) is 8.96. The van der Waals surface area contributed by atoms with E-state index in [1.54, 1.807) is 0 Å². The van der Waals surface area contributed by atoms with Crippen LogP contribution in [0, 0.1) is 6.04 Å². The summed E-state index contributed by atoms with van der Waals surface area (Å²) in [6, 6.07) is 1.58. The van der Waals surface area contributed by atoms with Crippen LogP contribution in [0.25, 0.3) is 0 Å². The van der Waals surface area contributed by atoms with Gasteiger partial charge in [-0.2, -0.15) is 0 Å². The standard InChI is InChI=1S/C10H17N2O2/c1-10(2,3)14-9(13)12-6-7-4-8(12)5-11-7/h8,11H,4-6H2,1-3H3. The number of ether oxygens (including phenoxy) is 1. The van der Waals surface area contributed by atoms with Crippen LogP contribution in [0.4, 0.5) is 4.79 Å². The molecule has 4 nitrogen and oxygen atoms in total. The fourth-order valence-electron chi connectivity index (χ4n) is 1.90. The van der Waals surface area contributed by atoms with Gasteiger partial charge >= 0.3 is 6.09 Å². The summed E-state index contributed by atoms with van der Waals surface area (Å²) in [6.07, 6.45) is 0.818. The summed E-state index contributed by atoms with van der Waals surface area (Å²) in [7, 11) is 0. The van der Waals surface area contributed by atoms with Crippen LogP contribution < -0.4 is 5.32 Å². The smallest absolute Gasteiger partial charge is 0.410 e. The normalized spacial score (nSPS) is 27.1. The van der Waals surface area contributed by atoms with Crippen molar-refractivity contribution in [3.05, 3.63) is 6.04 Å². The second-order valence-corrected chi connectivity index (χ2v) is 4.95. The number of carbonyl (C=O) groups is 1. The Bertz CT molecular complexity index is 247. The zero-order chi connectivity index (χ0) is 10.3. The molecule has 2 aliphatic rings. The first kappa shape index (κ1) is 9.77. The number of nitrogens with one attached hydrogen (secondary N) is 1. The zero-order valence-electron chi connectivity index (χ0n) is 8.96. The van der Waals surface area contributed by atoms with Crippen molar-refractivity contribution in [1.29, 1.82) is 0 Å². The van der Waals surface area contributed by atoms with Crippen LogP contribution in [-0.2, 0) is 4.74 Å². The molecule has 79 valence electrons. The number of nitrogens with zero attached hydrogens (tertiary/aromatic N) is 1. The van der Waals surface area contributed by atoms with Gasteiger partial charge in [0.2, 0.25) is 0 Å². The van der Waals surface area contributed by atoms with Crippen molar-refractivity contribution in [3.63, 3.8) is 0 Å². The van der Waals surface area contributed by atoms with Gasteiger partial charge < -0.3 is 15.0 Å². The highest BCUT2D eigenvalue weighted by atomic mass is 16.6. The fraction of sp³-hybridized carbons (Fsp3) is 0.800.